The quantitative estimate of drug-likeness (QED) is 0.760. The molecule has 1 nitrogen and oxygen atoms in total. The van der Waals surface area contributed by atoms with Crippen molar-refractivity contribution in [1.29, 1.82) is 0 Å². The molecule has 15 heavy (non-hydrogen) atoms. The number of halogens is 1. The van der Waals surface area contributed by atoms with Gasteiger partial charge in [-0.15, -0.1) is 0 Å². The van der Waals surface area contributed by atoms with Crippen LogP contribution in [0.3, 0.4) is 0 Å². The first-order chi connectivity index (χ1) is 7.27. The van der Waals surface area contributed by atoms with Crippen molar-refractivity contribution in [3.8, 4) is 0 Å². The van der Waals surface area contributed by atoms with Crippen LogP contribution in [-0.2, 0) is 0 Å². The molecule has 0 aliphatic rings. The standard InChI is InChI=1S/C13H20BrN/c1-3-4-5-9-13(15-2)11-7-6-8-12(14)10-11/h6-8,10,13,15H,3-5,9H2,1-2H3. The molecule has 0 aliphatic heterocycles. The SMILES string of the molecule is CCCCCC(NC)c1cccc(Br)c1. The molecule has 0 saturated heterocycles. The lowest BCUT2D eigenvalue weighted by molar-refractivity contribution is 0.512. The third-order valence-corrected chi connectivity index (χ3v) is 3.19. The highest BCUT2D eigenvalue weighted by molar-refractivity contribution is 9.10. The lowest BCUT2D eigenvalue weighted by Crippen LogP contribution is -2.16. The lowest BCUT2D eigenvalue weighted by Gasteiger charge is -2.16. The number of hydrogen-bond acceptors (Lipinski definition) is 1. The summed E-state index contributed by atoms with van der Waals surface area (Å²) in [7, 11) is 2.04. The third-order valence-electron chi connectivity index (χ3n) is 2.70. The molecule has 0 heterocycles. The van der Waals surface area contributed by atoms with Crippen LogP contribution in [0.15, 0.2) is 28.7 Å². The Balaban J connectivity index is 2.57. The van der Waals surface area contributed by atoms with Gasteiger partial charge in [-0.05, 0) is 31.2 Å². The molecule has 1 unspecified atom stereocenters. The highest BCUT2D eigenvalue weighted by Gasteiger charge is 2.08. The molecule has 1 atom stereocenters. The van der Waals surface area contributed by atoms with E-state index in [2.05, 4.69) is 52.4 Å². The molecule has 1 rings (SSSR count). The van der Waals surface area contributed by atoms with E-state index in [0.29, 0.717) is 6.04 Å². The molecule has 0 radical (unpaired) electrons. The van der Waals surface area contributed by atoms with Crippen molar-refractivity contribution in [2.45, 2.75) is 38.6 Å². The highest BCUT2D eigenvalue weighted by atomic mass is 79.9. The van der Waals surface area contributed by atoms with Crippen LogP contribution in [0, 0.1) is 0 Å². The number of hydrogen-bond donors (Lipinski definition) is 1. The van der Waals surface area contributed by atoms with E-state index in [1.165, 1.54) is 31.2 Å². The molecule has 2 heteroatoms. The van der Waals surface area contributed by atoms with Gasteiger partial charge in [0.2, 0.25) is 0 Å². The molecular weight excluding hydrogens is 250 g/mol. The number of benzene rings is 1. The molecule has 1 N–H and O–H groups in total. The Labute approximate surface area is 101 Å². The van der Waals surface area contributed by atoms with Crippen LogP contribution in [0.1, 0.15) is 44.2 Å². The van der Waals surface area contributed by atoms with E-state index < -0.39 is 0 Å². The Morgan fingerprint density at radius 1 is 1.33 bits per heavy atom. The summed E-state index contributed by atoms with van der Waals surface area (Å²) < 4.78 is 1.16. The summed E-state index contributed by atoms with van der Waals surface area (Å²) in [4.78, 5) is 0. The number of nitrogens with one attached hydrogen (secondary N) is 1. The van der Waals surface area contributed by atoms with Crippen LogP contribution >= 0.6 is 15.9 Å². The Hall–Kier alpha value is -0.340. The maximum atomic E-state index is 3.51. The Morgan fingerprint density at radius 2 is 2.13 bits per heavy atom. The van der Waals surface area contributed by atoms with E-state index in [1.807, 2.05) is 7.05 Å². The monoisotopic (exact) mass is 269 g/mol. The molecular formula is C13H20BrN. The second-order valence-corrected chi connectivity index (χ2v) is 4.81. The minimum Gasteiger partial charge on any atom is -0.313 e. The van der Waals surface area contributed by atoms with Crippen molar-refractivity contribution in [1.82, 2.24) is 5.32 Å². The fourth-order valence-electron chi connectivity index (χ4n) is 1.80. The zero-order valence-electron chi connectivity index (χ0n) is 9.59. The first kappa shape index (κ1) is 12.7. The van der Waals surface area contributed by atoms with Gasteiger partial charge in [-0.25, -0.2) is 0 Å². The number of rotatable bonds is 6. The molecule has 0 fully saturated rings. The topological polar surface area (TPSA) is 12.0 Å². The lowest BCUT2D eigenvalue weighted by atomic mass is 10.0. The van der Waals surface area contributed by atoms with Gasteiger partial charge < -0.3 is 5.32 Å². The first-order valence-corrected chi connectivity index (χ1v) is 6.50. The zero-order chi connectivity index (χ0) is 11.1. The summed E-state index contributed by atoms with van der Waals surface area (Å²) in [5.74, 6) is 0. The van der Waals surface area contributed by atoms with E-state index in [9.17, 15) is 0 Å². The largest absolute Gasteiger partial charge is 0.313 e. The normalized spacial score (nSPS) is 12.7. The van der Waals surface area contributed by atoms with Gasteiger partial charge in [0.15, 0.2) is 0 Å². The molecule has 1 aromatic carbocycles. The van der Waals surface area contributed by atoms with Gasteiger partial charge in [-0.1, -0.05) is 54.2 Å². The fraction of sp³-hybridized carbons (Fsp3) is 0.538. The van der Waals surface area contributed by atoms with E-state index >= 15 is 0 Å². The molecule has 0 amide bonds. The van der Waals surface area contributed by atoms with Gasteiger partial charge in [0.1, 0.15) is 0 Å². The van der Waals surface area contributed by atoms with E-state index in [0.717, 1.165) is 4.47 Å². The van der Waals surface area contributed by atoms with Crippen molar-refractivity contribution >= 4 is 15.9 Å². The molecule has 84 valence electrons. The summed E-state index contributed by atoms with van der Waals surface area (Å²) >= 11 is 3.51. The Kier molecular flexibility index (Phi) is 5.96. The van der Waals surface area contributed by atoms with Gasteiger partial charge >= 0.3 is 0 Å². The Morgan fingerprint density at radius 3 is 2.73 bits per heavy atom. The van der Waals surface area contributed by atoms with Gasteiger partial charge in [0.25, 0.3) is 0 Å². The summed E-state index contributed by atoms with van der Waals surface area (Å²) in [6.07, 6.45) is 5.14. The average molecular weight is 270 g/mol. The summed E-state index contributed by atoms with van der Waals surface area (Å²) in [5.41, 5.74) is 1.38. The van der Waals surface area contributed by atoms with Crippen LogP contribution in [0.5, 0.6) is 0 Å². The van der Waals surface area contributed by atoms with Crippen molar-refractivity contribution in [3.05, 3.63) is 34.3 Å². The van der Waals surface area contributed by atoms with Crippen LogP contribution in [0.2, 0.25) is 0 Å². The average Bonchev–Trinajstić information content (AvgIpc) is 2.24. The molecule has 0 saturated carbocycles. The van der Waals surface area contributed by atoms with Crippen LogP contribution in [0.25, 0.3) is 0 Å². The fourth-order valence-corrected chi connectivity index (χ4v) is 2.22. The van der Waals surface area contributed by atoms with Crippen molar-refractivity contribution in [2.75, 3.05) is 7.05 Å². The molecule has 1 aromatic rings. The van der Waals surface area contributed by atoms with Crippen LogP contribution < -0.4 is 5.32 Å². The third kappa shape index (κ3) is 4.35. The predicted molar refractivity (Wildman–Crippen MR) is 70.1 cm³/mol. The van der Waals surface area contributed by atoms with Gasteiger partial charge in [0, 0.05) is 10.5 Å². The second kappa shape index (κ2) is 7.02. The van der Waals surface area contributed by atoms with E-state index in [4.69, 9.17) is 0 Å². The van der Waals surface area contributed by atoms with Crippen molar-refractivity contribution in [2.24, 2.45) is 0 Å². The molecule has 0 aromatic heterocycles. The highest BCUT2D eigenvalue weighted by Crippen LogP contribution is 2.22. The van der Waals surface area contributed by atoms with Gasteiger partial charge in [-0.2, -0.15) is 0 Å². The maximum absolute atomic E-state index is 3.51. The van der Waals surface area contributed by atoms with E-state index in [-0.39, 0.29) is 0 Å². The summed E-state index contributed by atoms with van der Waals surface area (Å²) in [6, 6.07) is 9.06. The van der Waals surface area contributed by atoms with Gasteiger partial charge in [-0.3, -0.25) is 0 Å². The van der Waals surface area contributed by atoms with Crippen LogP contribution in [0.4, 0.5) is 0 Å². The smallest absolute Gasteiger partial charge is 0.0317 e. The molecule has 0 aliphatic carbocycles. The molecule has 0 bridgehead atoms. The minimum absolute atomic E-state index is 0.494. The number of unbranched alkanes of at least 4 members (excludes halogenated alkanes) is 2. The zero-order valence-corrected chi connectivity index (χ0v) is 11.2. The second-order valence-electron chi connectivity index (χ2n) is 3.89. The van der Waals surface area contributed by atoms with Crippen LogP contribution in [-0.4, -0.2) is 7.05 Å². The predicted octanol–water partition coefficient (Wildman–Crippen LogP) is 4.29. The van der Waals surface area contributed by atoms with Gasteiger partial charge in [0.05, 0.1) is 0 Å². The van der Waals surface area contributed by atoms with E-state index in [1.54, 1.807) is 0 Å². The Bertz CT molecular complexity index is 286. The first-order valence-electron chi connectivity index (χ1n) is 5.70. The summed E-state index contributed by atoms with van der Waals surface area (Å²) in [5, 5.41) is 3.38. The van der Waals surface area contributed by atoms with Crippen molar-refractivity contribution < 1.29 is 0 Å². The maximum Gasteiger partial charge on any atom is 0.0317 e. The minimum atomic E-state index is 0.494. The molecule has 0 spiro atoms. The summed E-state index contributed by atoms with van der Waals surface area (Å²) in [6.45, 7) is 2.24. The van der Waals surface area contributed by atoms with Crippen molar-refractivity contribution in [3.63, 3.8) is 0 Å².